The maximum atomic E-state index is 11.9. The molecule has 0 spiro atoms. The van der Waals surface area contributed by atoms with Gasteiger partial charge in [-0.15, -0.1) is 0 Å². The van der Waals surface area contributed by atoms with Crippen molar-refractivity contribution < 1.29 is 19.1 Å². The summed E-state index contributed by atoms with van der Waals surface area (Å²) in [6.07, 6.45) is 1.49. The Kier molecular flexibility index (Phi) is 7.72. The molecule has 112 valence electrons. The molecule has 0 heterocycles. The Morgan fingerprint density at radius 1 is 1.16 bits per heavy atom. The summed E-state index contributed by atoms with van der Waals surface area (Å²) in [7, 11) is 0. The number of carbonyl (C=O) groups excluding carboxylic acids is 2. The molecule has 0 aliphatic rings. The lowest BCUT2D eigenvalue weighted by Gasteiger charge is -2.25. The zero-order valence-electron chi connectivity index (χ0n) is 13.1. The first-order valence-corrected chi connectivity index (χ1v) is 7.09. The summed E-state index contributed by atoms with van der Waals surface area (Å²) >= 11 is 0. The minimum absolute atomic E-state index is 0.0858. The topological polar surface area (TPSA) is 52.6 Å². The van der Waals surface area contributed by atoms with E-state index in [1.807, 2.05) is 27.7 Å². The largest absolute Gasteiger partial charge is 0.463 e. The standard InChI is InChI=1S/C15H28O4/c1-7-9-15(5,6)10-12(16)19-13(11(3)4)14(17)18-8-2/h11,13H,7-10H2,1-6H3. The van der Waals surface area contributed by atoms with Gasteiger partial charge in [0, 0.05) is 5.92 Å². The molecular formula is C15H28O4. The number of rotatable bonds is 8. The van der Waals surface area contributed by atoms with Gasteiger partial charge in [-0.1, -0.05) is 41.0 Å². The first-order valence-electron chi connectivity index (χ1n) is 7.09. The smallest absolute Gasteiger partial charge is 0.347 e. The van der Waals surface area contributed by atoms with Gasteiger partial charge < -0.3 is 9.47 Å². The molecule has 0 aromatic heterocycles. The Labute approximate surface area is 116 Å². The second-order valence-corrected chi connectivity index (χ2v) is 6.00. The minimum Gasteiger partial charge on any atom is -0.463 e. The second-order valence-electron chi connectivity index (χ2n) is 6.00. The molecule has 4 heteroatoms. The van der Waals surface area contributed by atoms with Crippen molar-refractivity contribution in [1.29, 1.82) is 0 Å². The van der Waals surface area contributed by atoms with E-state index in [4.69, 9.17) is 9.47 Å². The van der Waals surface area contributed by atoms with E-state index in [9.17, 15) is 9.59 Å². The van der Waals surface area contributed by atoms with Crippen molar-refractivity contribution in [2.45, 2.75) is 66.9 Å². The van der Waals surface area contributed by atoms with E-state index in [1.165, 1.54) is 0 Å². The van der Waals surface area contributed by atoms with E-state index in [-0.39, 0.29) is 17.3 Å². The molecule has 0 aliphatic carbocycles. The molecule has 1 unspecified atom stereocenters. The van der Waals surface area contributed by atoms with Gasteiger partial charge in [-0.2, -0.15) is 0 Å². The monoisotopic (exact) mass is 272 g/mol. The Bertz CT molecular complexity index is 295. The fraction of sp³-hybridized carbons (Fsp3) is 0.867. The minimum atomic E-state index is -0.801. The third kappa shape index (κ3) is 7.19. The van der Waals surface area contributed by atoms with Crippen LogP contribution in [0, 0.1) is 11.3 Å². The van der Waals surface area contributed by atoms with Gasteiger partial charge in [0.2, 0.25) is 6.10 Å². The first kappa shape index (κ1) is 17.9. The third-order valence-corrected chi connectivity index (χ3v) is 2.93. The summed E-state index contributed by atoms with van der Waals surface area (Å²) in [6.45, 7) is 11.9. The average molecular weight is 272 g/mol. The van der Waals surface area contributed by atoms with Crippen molar-refractivity contribution in [3.63, 3.8) is 0 Å². The van der Waals surface area contributed by atoms with Crippen LogP contribution in [0.3, 0.4) is 0 Å². The number of hydrogen-bond acceptors (Lipinski definition) is 4. The van der Waals surface area contributed by atoms with Crippen LogP contribution in [0.15, 0.2) is 0 Å². The van der Waals surface area contributed by atoms with Gasteiger partial charge in [-0.25, -0.2) is 4.79 Å². The maximum absolute atomic E-state index is 11.9. The second kappa shape index (κ2) is 8.18. The van der Waals surface area contributed by atoms with Crippen molar-refractivity contribution >= 4 is 11.9 Å². The van der Waals surface area contributed by atoms with Crippen LogP contribution in [0.4, 0.5) is 0 Å². The highest BCUT2D eigenvalue weighted by atomic mass is 16.6. The molecule has 0 saturated heterocycles. The molecule has 0 saturated carbocycles. The van der Waals surface area contributed by atoms with Crippen LogP contribution in [-0.4, -0.2) is 24.6 Å². The predicted octanol–water partition coefficient (Wildman–Crippen LogP) is 3.33. The van der Waals surface area contributed by atoms with Gasteiger partial charge in [0.05, 0.1) is 13.0 Å². The van der Waals surface area contributed by atoms with Gasteiger partial charge in [-0.3, -0.25) is 4.79 Å². The summed E-state index contributed by atoms with van der Waals surface area (Å²) in [4.78, 5) is 23.6. The van der Waals surface area contributed by atoms with E-state index >= 15 is 0 Å². The van der Waals surface area contributed by atoms with Crippen molar-refractivity contribution in [2.75, 3.05) is 6.61 Å². The van der Waals surface area contributed by atoms with Crippen molar-refractivity contribution in [1.82, 2.24) is 0 Å². The van der Waals surface area contributed by atoms with Gasteiger partial charge in [0.25, 0.3) is 0 Å². The van der Waals surface area contributed by atoms with Crippen LogP contribution in [0.1, 0.15) is 60.8 Å². The molecule has 0 aliphatic heterocycles. The summed E-state index contributed by atoms with van der Waals surface area (Å²) < 4.78 is 10.2. The van der Waals surface area contributed by atoms with Gasteiger partial charge in [0.15, 0.2) is 0 Å². The van der Waals surface area contributed by atoms with Crippen LogP contribution in [-0.2, 0) is 19.1 Å². The molecule has 0 radical (unpaired) electrons. The highest BCUT2D eigenvalue weighted by molar-refractivity contribution is 5.79. The van der Waals surface area contributed by atoms with Crippen LogP contribution in [0.25, 0.3) is 0 Å². The van der Waals surface area contributed by atoms with E-state index in [0.29, 0.717) is 13.0 Å². The fourth-order valence-electron chi connectivity index (χ4n) is 2.02. The normalized spacial score (nSPS) is 13.2. The zero-order valence-corrected chi connectivity index (χ0v) is 13.1. The molecule has 0 bridgehead atoms. The number of hydrogen-bond donors (Lipinski definition) is 0. The molecule has 0 aromatic rings. The van der Waals surface area contributed by atoms with Crippen molar-refractivity contribution in [3.05, 3.63) is 0 Å². The zero-order chi connectivity index (χ0) is 15.1. The van der Waals surface area contributed by atoms with Gasteiger partial charge in [-0.05, 0) is 18.8 Å². The van der Waals surface area contributed by atoms with E-state index in [0.717, 1.165) is 12.8 Å². The number of ether oxygens (including phenoxy) is 2. The lowest BCUT2D eigenvalue weighted by Crippen LogP contribution is -2.35. The number of carbonyl (C=O) groups is 2. The summed E-state index contributed by atoms with van der Waals surface area (Å²) in [5.74, 6) is -0.873. The van der Waals surface area contributed by atoms with Crippen LogP contribution in [0.5, 0.6) is 0 Å². The molecule has 0 amide bonds. The van der Waals surface area contributed by atoms with E-state index in [1.54, 1.807) is 6.92 Å². The van der Waals surface area contributed by atoms with Crippen molar-refractivity contribution in [2.24, 2.45) is 11.3 Å². The Morgan fingerprint density at radius 2 is 1.74 bits per heavy atom. The Hall–Kier alpha value is -1.06. The summed E-state index contributed by atoms with van der Waals surface area (Å²) in [6, 6.07) is 0. The van der Waals surface area contributed by atoms with Gasteiger partial charge in [0.1, 0.15) is 0 Å². The third-order valence-electron chi connectivity index (χ3n) is 2.93. The van der Waals surface area contributed by atoms with Crippen LogP contribution < -0.4 is 0 Å². The Balaban J connectivity index is 4.52. The summed E-state index contributed by atoms with van der Waals surface area (Å²) in [5, 5.41) is 0. The summed E-state index contributed by atoms with van der Waals surface area (Å²) in [5.41, 5.74) is -0.0952. The Morgan fingerprint density at radius 3 is 2.16 bits per heavy atom. The molecule has 0 fully saturated rings. The van der Waals surface area contributed by atoms with E-state index in [2.05, 4.69) is 6.92 Å². The first-order chi connectivity index (χ1) is 8.73. The molecule has 0 N–H and O–H groups in total. The lowest BCUT2D eigenvalue weighted by atomic mass is 9.85. The maximum Gasteiger partial charge on any atom is 0.347 e. The molecule has 0 rings (SSSR count). The molecule has 1 atom stereocenters. The fourth-order valence-corrected chi connectivity index (χ4v) is 2.02. The number of esters is 2. The van der Waals surface area contributed by atoms with Crippen LogP contribution in [0.2, 0.25) is 0 Å². The predicted molar refractivity (Wildman–Crippen MR) is 74.7 cm³/mol. The quantitative estimate of drug-likeness (QED) is 0.636. The lowest BCUT2D eigenvalue weighted by molar-refractivity contribution is -0.172. The average Bonchev–Trinajstić information content (AvgIpc) is 2.24. The van der Waals surface area contributed by atoms with E-state index < -0.39 is 12.1 Å². The highest BCUT2D eigenvalue weighted by Gasteiger charge is 2.30. The van der Waals surface area contributed by atoms with Gasteiger partial charge >= 0.3 is 11.9 Å². The SMILES string of the molecule is CCCC(C)(C)CC(=O)OC(C(=O)OCC)C(C)C. The molecule has 4 nitrogen and oxygen atoms in total. The highest BCUT2D eigenvalue weighted by Crippen LogP contribution is 2.27. The van der Waals surface area contributed by atoms with Crippen LogP contribution >= 0.6 is 0 Å². The molecular weight excluding hydrogens is 244 g/mol. The molecule has 0 aromatic carbocycles. The molecule has 19 heavy (non-hydrogen) atoms. The van der Waals surface area contributed by atoms with Crippen molar-refractivity contribution in [3.8, 4) is 0 Å².